The van der Waals surface area contributed by atoms with Gasteiger partial charge in [-0.2, -0.15) is 0 Å². The van der Waals surface area contributed by atoms with E-state index in [0.717, 1.165) is 29.3 Å². The minimum atomic E-state index is 0.192. The fraction of sp³-hybridized carbons (Fsp3) is 0.625. The summed E-state index contributed by atoms with van der Waals surface area (Å²) in [5.41, 5.74) is 1.12. The van der Waals surface area contributed by atoms with Gasteiger partial charge in [-0.25, -0.2) is 0 Å². The summed E-state index contributed by atoms with van der Waals surface area (Å²) in [6.45, 7) is 11.7. The lowest BCUT2D eigenvalue weighted by Gasteiger charge is -2.20. The Kier molecular flexibility index (Phi) is 6.67. The van der Waals surface area contributed by atoms with Crippen molar-refractivity contribution in [1.82, 2.24) is 5.32 Å². The predicted octanol–water partition coefficient (Wildman–Crippen LogP) is 4.82. The van der Waals surface area contributed by atoms with Crippen LogP contribution in [0.15, 0.2) is 18.2 Å². The summed E-state index contributed by atoms with van der Waals surface area (Å²) in [6.07, 6.45) is 1.31. The van der Waals surface area contributed by atoms with E-state index < -0.39 is 0 Å². The molecule has 108 valence electrons. The number of ether oxygens (including phenoxy) is 1. The van der Waals surface area contributed by atoms with E-state index in [1.54, 1.807) is 0 Å². The highest BCUT2D eigenvalue weighted by molar-refractivity contribution is 6.31. The first-order valence-electron chi connectivity index (χ1n) is 7.15. The summed E-state index contributed by atoms with van der Waals surface area (Å²) in [6, 6.07) is 6.24. The van der Waals surface area contributed by atoms with Crippen molar-refractivity contribution < 1.29 is 4.74 Å². The van der Waals surface area contributed by atoms with E-state index in [2.05, 4.69) is 46.0 Å². The van der Waals surface area contributed by atoms with Crippen LogP contribution in [0, 0.1) is 5.92 Å². The van der Waals surface area contributed by atoms with Gasteiger partial charge in [0.25, 0.3) is 0 Å². The summed E-state index contributed by atoms with van der Waals surface area (Å²) in [4.78, 5) is 0. The fourth-order valence-electron chi connectivity index (χ4n) is 1.75. The summed E-state index contributed by atoms with van der Waals surface area (Å²) >= 11 is 6.35. The Balaban J connectivity index is 2.74. The lowest BCUT2D eigenvalue weighted by atomic mass is 10.1. The van der Waals surface area contributed by atoms with Crippen molar-refractivity contribution >= 4 is 11.6 Å². The van der Waals surface area contributed by atoms with Gasteiger partial charge in [-0.15, -0.1) is 0 Å². The maximum absolute atomic E-state index is 6.35. The maximum Gasteiger partial charge on any atom is 0.121 e. The zero-order chi connectivity index (χ0) is 14.4. The van der Waals surface area contributed by atoms with Crippen LogP contribution in [0.4, 0.5) is 0 Å². The van der Waals surface area contributed by atoms with Crippen LogP contribution in [0.3, 0.4) is 0 Å². The van der Waals surface area contributed by atoms with E-state index in [-0.39, 0.29) is 12.1 Å². The van der Waals surface area contributed by atoms with Gasteiger partial charge in [0, 0.05) is 11.1 Å². The Hall–Kier alpha value is -0.730. The van der Waals surface area contributed by atoms with Crippen LogP contribution in [0.1, 0.15) is 52.6 Å². The summed E-state index contributed by atoms with van der Waals surface area (Å²) in [5, 5.41) is 4.21. The van der Waals surface area contributed by atoms with E-state index in [1.165, 1.54) is 0 Å². The average molecular weight is 284 g/mol. The molecule has 0 aromatic heterocycles. The molecule has 0 radical (unpaired) electrons. The Morgan fingerprint density at radius 3 is 2.42 bits per heavy atom. The quantitative estimate of drug-likeness (QED) is 0.774. The molecule has 19 heavy (non-hydrogen) atoms. The molecule has 1 rings (SSSR count). The van der Waals surface area contributed by atoms with Crippen LogP contribution in [0.5, 0.6) is 5.75 Å². The van der Waals surface area contributed by atoms with Gasteiger partial charge in [-0.1, -0.05) is 38.4 Å². The third-order valence-corrected chi connectivity index (χ3v) is 3.73. The van der Waals surface area contributed by atoms with Crippen LogP contribution in [-0.2, 0) is 0 Å². The van der Waals surface area contributed by atoms with E-state index >= 15 is 0 Å². The highest BCUT2D eigenvalue weighted by atomic mass is 35.5. The van der Waals surface area contributed by atoms with Crippen molar-refractivity contribution in [2.45, 2.75) is 53.2 Å². The van der Waals surface area contributed by atoms with Crippen molar-refractivity contribution in [2.24, 2.45) is 5.92 Å². The number of nitrogens with one attached hydrogen (secondary N) is 1. The summed E-state index contributed by atoms with van der Waals surface area (Å²) in [5.74, 6) is 1.33. The van der Waals surface area contributed by atoms with Crippen LogP contribution in [0.25, 0.3) is 0 Å². The van der Waals surface area contributed by atoms with E-state index in [4.69, 9.17) is 16.3 Å². The minimum absolute atomic E-state index is 0.192. The molecule has 0 aliphatic carbocycles. The highest BCUT2D eigenvalue weighted by Crippen LogP contribution is 2.28. The van der Waals surface area contributed by atoms with Crippen molar-refractivity contribution in [3.8, 4) is 5.75 Å². The van der Waals surface area contributed by atoms with Crippen molar-refractivity contribution in [3.63, 3.8) is 0 Å². The van der Waals surface area contributed by atoms with Crippen LogP contribution in [0.2, 0.25) is 5.02 Å². The molecule has 0 amide bonds. The second kappa shape index (κ2) is 7.76. The average Bonchev–Trinajstić information content (AvgIpc) is 2.35. The number of hydrogen-bond donors (Lipinski definition) is 1. The highest BCUT2D eigenvalue weighted by Gasteiger charge is 2.12. The van der Waals surface area contributed by atoms with Gasteiger partial charge in [-0.05, 0) is 50.4 Å². The summed E-state index contributed by atoms with van der Waals surface area (Å²) < 4.78 is 5.87. The minimum Gasteiger partial charge on any atom is -0.490 e. The largest absolute Gasteiger partial charge is 0.490 e. The first-order chi connectivity index (χ1) is 8.95. The molecule has 2 atom stereocenters. The second-order valence-corrected chi connectivity index (χ2v) is 5.83. The van der Waals surface area contributed by atoms with E-state index in [9.17, 15) is 0 Å². The molecule has 0 saturated heterocycles. The van der Waals surface area contributed by atoms with Gasteiger partial charge >= 0.3 is 0 Å². The molecule has 0 bridgehead atoms. The van der Waals surface area contributed by atoms with Gasteiger partial charge in [0.15, 0.2) is 0 Å². The smallest absolute Gasteiger partial charge is 0.121 e. The molecular formula is C16H26ClNO. The molecular weight excluding hydrogens is 258 g/mol. The zero-order valence-corrected chi connectivity index (χ0v) is 13.4. The van der Waals surface area contributed by atoms with Crippen molar-refractivity contribution in [1.29, 1.82) is 0 Å². The molecule has 2 unspecified atom stereocenters. The molecule has 1 aromatic rings. The Morgan fingerprint density at radius 1 is 1.21 bits per heavy atom. The third-order valence-electron chi connectivity index (χ3n) is 3.40. The monoisotopic (exact) mass is 283 g/mol. The van der Waals surface area contributed by atoms with Gasteiger partial charge in [0.05, 0.1) is 6.10 Å². The van der Waals surface area contributed by atoms with Crippen LogP contribution < -0.4 is 10.1 Å². The summed E-state index contributed by atoms with van der Waals surface area (Å²) in [7, 11) is 0. The van der Waals surface area contributed by atoms with Gasteiger partial charge < -0.3 is 10.1 Å². The van der Waals surface area contributed by atoms with Gasteiger partial charge in [-0.3, -0.25) is 0 Å². The van der Waals surface area contributed by atoms with Crippen molar-refractivity contribution in [3.05, 3.63) is 28.8 Å². The third kappa shape index (κ3) is 5.04. The van der Waals surface area contributed by atoms with Crippen LogP contribution in [-0.4, -0.2) is 12.6 Å². The molecule has 0 saturated carbocycles. The van der Waals surface area contributed by atoms with Crippen molar-refractivity contribution in [2.75, 3.05) is 6.54 Å². The number of hydrogen-bond acceptors (Lipinski definition) is 2. The van der Waals surface area contributed by atoms with Crippen LogP contribution >= 0.6 is 11.6 Å². The molecule has 0 fully saturated rings. The molecule has 0 aliphatic heterocycles. The van der Waals surface area contributed by atoms with Gasteiger partial charge in [0.2, 0.25) is 0 Å². The van der Waals surface area contributed by atoms with E-state index in [1.807, 2.05) is 12.1 Å². The molecule has 0 aliphatic rings. The topological polar surface area (TPSA) is 21.3 Å². The van der Waals surface area contributed by atoms with E-state index in [0.29, 0.717) is 5.92 Å². The first kappa shape index (κ1) is 16.3. The zero-order valence-electron chi connectivity index (χ0n) is 12.7. The second-order valence-electron chi connectivity index (χ2n) is 5.43. The Morgan fingerprint density at radius 2 is 1.89 bits per heavy atom. The molecule has 0 heterocycles. The van der Waals surface area contributed by atoms with Gasteiger partial charge in [0.1, 0.15) is 5.75 Å². The number of rotatable bonds is 7. The lowest BCUT2D eigenvalue weighted by molar-refractivity contribution is 0.170. The molecule has 1 aromatic carbocycles. The molecule has 0 spiro atoms. The number of benzene rings is 1. The lowest BCUT2D eigenvalue weighted by Crippen LogP contribution is -2.20. The Bertz CT molecular complexity index is 392. The fourth-order valence-corrected chi connectivity index (χ4v) is 2.09. The number of halogens is 1. The molecule has 2 nitrogen and oxygen atoms in total. The molecule has 3 heteroatoms. The first-order valence-corrected chi connectivity index (χ1v) is 7.53. The normalized spacial score (nSPS) is 14.5. The Labute approximate surface area is 122 Å². The SMILES string of the molecule is CCCNC(C)c1ccc(OC(C)C(C)C)cc1Cl. The molecule has 1 N–H and O–H groups in total. The predicted molar refractivity (Wildman–Crippen MR) is 83.1 cm³/mol. The maximum atomic E-state index is 6.35. The standard InChI is InChI=1S/C16H26ClNO/c1-6-9-18-12(4)15-8-7-14(10-16(15)17)19-13(5)11(2)3/h7-8,10-13,18H,6,9H2,1-5H3.